The highest BCUT2D eigenvalue weighted by Crippen LogP contribution is 1.83. The molecular formula is C10H23N3O5. The van der Waals surface area contributed by atoms with E-state index >= 15 is 0 Å². The van der Waals surface area contributed by atoms with Crippen molar-refractivity contribution in [3.8, 4) is 0 Å². The van der Waals surface area contributed by atoms with E-state index in [1.54, 1.807) is 0 Å². The Labute approximate surface area is 106 Å². The van der Waals surface area contributed by atoms with E-state index < -0.39 is 18.0 Å². The molecule has 108 valence electrons. The van der Waals surface area contributed by atoms with Gasteiger partial charge in [-0.2, -0.15) is 0 Å². The second-order valence-electron chi connectivity index (χ2n) is 3.67. The predicted molar refractivity (Wildman–Crippen MR) is 66.4 cm³/mol. The van der Waals surface area contributed by atoms with E-state index in [0.717, 1.165) is 13.1 Å². The monoisotopic (exact) mass is 265 g/mol. The minimum atomic E-state index is -1.23. The van der Waals surface area contributed by atoms with Gasteiger partial charge in [-0.15, -0.1) is 0 Å². The normalized spacial score (nSPS) is 16.4. The van der Waals surface area contributed by atoms with Gasteiger partial charge in [0, 0.05) is 26.2 Å². The summed E-state index contributed by atoms with van der Waals surface area (Å²) in [5, 5.41) is 26.6. The number of likely N-dealkylation sites (N-methyl/N-ethyl adjacent to an activating group) is 1. The Morgan fingerprint density at radius 2 is 1.67 bits per heavy atom. The van der Waals surface area contributed by atoms with Crippen LogP contribution in [0.2, 0.25) is 0 Å². The van der Waals surface area contributed by atoms with Gasteiger partial charge in [0.2, 0.25) is 0 Å². The van der Waals surface area contributed by atoms with Gasteiger partial charge in [0.05, 0.1) is 6.54 Å². The second-order valence-corrected chi connectivity index (χ2v) is 3.67. The van der Waals surface area contributed by atoms with Crippen LogP contribution >= 0.6 is 0 Å². The average molecular weight is 265 g/mol. The zero-order valence-corrected chi connectivity index (χ0v) is 10.8. The highest BCUT2D eigenvalue weighted by molar-refractivity contribution is 5.71. The third kappa shape index (κ3) is 17.2. The molecule has 1 unspecified atom stereocenters. The van der Waals surface area contributed by atoms with Crippen molar-refractivity contribution in [3.05, 3.63) is 0 Å². The molecule has 1 aliphatic rings. The number of nitrogens with one attached hydrogen (secondary N) is 1. The van der Waals surface area contributed by atoms with Crippen molar-refractivity contribution in [2.75, 3.05) is 39.8 Å². The number of aliphatic hydroxyl groups excluding tert-OH is 1. The summed E-state index contributed by atoms with van der Waals surface area (Å²) in [6.45, 7) is 5.66. The minimum Gasteiger partial charge on any atom is -0.480 e. The summed E-state index contributed by atoms with van der Waals surface area (Å²) >= 11 is 0. The summed E-state index contributed by atoms with van der Waals surface area (Å²) in [6, 6.07) is 0. The molecule has 8 nitrogen and oxygen atoms in total. The Kier molecular flexibility index (Phi) is 13.0. The van der Waals surface area contributed by atoms with Crippen molar-refractivity contribution in [1.82, 2.24) is 10.2 Å². The molecule has 0 aromatic rings. The fourth-order valence-corrected chi connectivity index (χ4v) is 0.777. The van der Waals surface area contributed by atoms with E-state index in [-0.39, 0.29) is 6.54 Å². The maximum Gasteiger partial charge on any atom is 0.332 e. The van der Waals surface area contributed by atoms with Crippen LogP contribution in [-0.2, 0) is 9.59 Å². The Morgan fingerprint density at radius 1 is 1.33 bits per heavy atom. The first-order valence-corrected chi connectivity index (χ1v) is 5.53. The lowest BCUT2D eigenvalue weighted by molar-refractivity contribution is -0.145. The lowest BCUT2D eigenvalue weighted by Crippen LogP contribution is -2.40. The van der Waals surface area contributed by atoms with Crippen molar-refractivity contribution >= 4 is 11.9 Å². The van der Waals surface area contributed by atoms with Crippen molar-refractivity contribution in [2.24, 2.45) is 5.73 Å². The quantitative estimate of drug-likeness (QED) is 0.387. The number of carboxylic acid groups (broad SMARTS) is 2. The summed E-state index contributed by atoms with van der Waals surface area (Å²) < 4.78 is 0. The lowest BCUT2D eigenvalue weighted by Gasteiger charge is -2.21. The molecule has 8 heteroatoms. The standard InChI is InChI=1S/C5H12N2.C3H6O3.C2H5NO2/c1-7-4-2-6-3-5-7;1-2(4)3(5)6;3-1-2(4)5/h6H,2-5H2,1H3;2,4H,1H3,(H,5,6);1,3H2,(H,4,5). The maximum atomic E-state index is 9.45. The number of rotatable bonds is 2. The van der Waals surface area contributed by atoms with Gasteiger partial charge in [0.15, 0.2) is 0 Å². The number of hydrogen-bond acceptors (Lipinski definition) is 6. The van der Waals surface area contributed by atoms with Crippen LogP contribution in [0, 0.1) is 0 Å². The van der Waals surface area contributed by atoms with Gasteiger partial charge in [-0.1, -0.05) is 0 Å². The molecule has 0 saturated carbocycles. The van der Waals surface area contributed by atoms with Gasteiger partial charge in [-0.05, 0) is 14.0 Å². The van der Waals surface area contributed by atoms with Crippen LogP contribution in [0.1, 0.15) is 6.92 Å². The topological polar surface area (TPSA) is 136 Å². The van der Waals surface area contributed by atoms with Crippen molar-refractivity contribution in [1.29, 1.82) is 0 Å². The van der Waals surface area contributed by atoms with Gasteiger partial charge in [-0.3, -0.25) is 4.79 Å². The fraction of sp³-hybridized carbons (Fsp3) is 0.800. The molecule has 0 aromatic heterocycles. The van der Waals surface area contributed by atoms with Crippen LogP contribution < -0.4 is 11.1 Å². The first kappa shape index (κ1) is 19.1. The Morgan fingerprint density at radius 3 is 1.78 bits per heavy atom. The maximum absolute atomic E-state index is 9.45. The highest BCUT2D eigenvalue weighted by atomic mass is 16.4. The molecule has 0 bridgehead atoms. The van der Waals surface area contributed by atoms with E-state index in [1.165, 1.54) is 20.0 Å². The molecule has 0 aliphatic carbocycles. The molecule has 6 N–H and O–H groups in total. The molecule has 1 atom stereocenters. The molecular weight excluding hydrogens is 242 g/mol. The van der Waals surface area contributed by atoms with Gasteiger partial charge in [0.25, 0.3) is 0 Å². The zero-order chi connectivity index (χ0) is 14.6. The van der Waals surface area contributed by atoms with E-state index in [9.17, 15) is 9.59 Å². The van der Waals surface area contributed by atoms with Gasteiger partial charge < -0.3 is 31.3 Å². The summed E-state index contributed by atoms with van der Waals surface area (Å²) in [6.07, 6.45) is -1.23. The summed E-state index contributed by atoms with van der Waals surface area (Å²) in [4.78, 5) is 21.0. The Bertz CT molecular complexity index is 230. The van der Waals surface area contributed by atoms with Crippen LogP contribution in [0.5, 0.6) is 0 Å². The summed E-state index contributed by atoms with van der Waals surface area (Å²) in [5.41, 5.74) is 4.57. The second kappa shape index (κ2) is 12.2. The molecule has 0 spiro atoms. The van der Waals surface area contributed by atoms with E-state index in [2.05, 4.69) is 23.0 Å². The van der Waals surface area contributed by atoms with Gasteiger partial charge >= 0.3 is 11.9 Å². The molecule has 1 rings (SSSR count). The molecule has 0 aromatic carbocycles. The lowest BCUT2D eigenvalue weighted by atomic mass is 10.4. The number of aliphatic carboxylic acids is 2. The van der Waals surface area contributed by atoms with E-state index in [0.29, 0.717) is 0 Å². The van der Waals surface area contributed by atoms with E-state index in [4.69, 9.17) is 15.3 Å². The molecule has 1 saturated heterocycles. The molecule has 0 radical (unpaired) electrons. The Hall–Kier alpha value is -1.22. The van der Waals surface area contributed by atoms with Crippen molar-refractivity contribution in [2.45, 2.75) is 13.0 Å². The highest BCUT2D eigenvalue weighted by Gasteiger charge is 2.01. The van der Waals surface area contributed by atoms with Gasteiger partial charge in [0.1, 0.15) is 6.10 Å². The number of nitrogens with two attached hydrogens (primary N) is 1. The number of aliphatic hydroxyl groups is 1. The molecule has 0 amide bonds. The number of carbonyl (C=O) groups is 2. The van der Waals surface area contributed by atoms with Crippen molar-refractivity contribution in [3.63, 3.8) is 0 Å². The summed E-state index contributed by atoms with van der Waals surface area (Å²) in [7, 11) is 2.15. The SMILES string of the molecule is CC(O)C(=O)O.CN1CCNCC1.NCC(=O)O. The minimum absolute atomic E-state index is 0.278. The van der Waals surface area contributed by atoms with Gasteiger partial charge in [-0.25, -0.2) is 4.79 Å². The average Bonchev–Trinajstić information content (AvgIpc) is 2.31. The number of hydrogen-bond donors (Lipinski definition) is 5. The smallest absolute Gasteiger partial charge is 0.332 e. The predicted octanol–water partition coefficient (Wildman–Crippen LogP) is -2.00. The first-order valence-electron chi connectivity index (χ1n) is 5.53. The third-order valence-corrected chi connectivity index (χ3v) is 1.87. The molecule has 18 heavy (non-hydrogen) atoms. The number of piperazine rings is 1. The zero-order valence-electron chi connectivity index (χ0n) is 10.8. The van der Waals surface area contributed by atoms with Crippen LogP contribution in [-0.4, -0.2) is 78.0 Å². The van der Waals surface area contributed by atoms with Crippen LogP contribution in [0.4, 0.5) is 0 Å². The summed E-state index contributed by atoms with van der Waals surface area (Å²) in [5.74, 6) is -2.15. The molecule has 1 heterocycles. The van der Waals surface area contributed by atoms with Crippen LogP contribution in [0.3, 0.4) is 0 Å². The van der Waals surface area contributed by atoms with Crippen LogP contribution in [0.25, 0.3) is 0 Å². The first-order chi connectivity index (χ1) is 8.31. The van der Waals surface area contributed by atoms with Crippen molar-refractivity contribution < 1.29 is 24.9 Å². The largest absolute Gasteiger partial charge is 0.480 e. The third-order valence-electron chi connectivity index (χ3n) is 1.87. The molecule has 1 aliphatic heterocycles. The molecule has 1 fully saturated rings. The van der Waals surface area contributed by atoms with Crippen LogP contribution in [0.15, 0.2) is 0 Å². The van der Waals surface area contributed by atoms with E-state index in [1.807, 2.05) is 0 Å². The number of nitrogens with zero attached hydrogens (tertiary/aromatic N) is 1. The number of carboxylic acids is 2. The Balaban J connectivity index is 0. The fourth-order valence-electron chi connectivity index (χ4n) is 0.777.